The fourth-order valence-electron chi connectivity index (χ4n) is 6.23. The monoisotopic (exact) mass is 632 g/mol. The molecule has 0 fully saturated rings. The van der Waals surface area contributed by atoms with Gasteiger partial charge >= 0.3 is 0 Å². The van der Waals surface area contributed by atoms with Crippen LogP contribution in [-0.2, 0) is 0 Å². The summed E-state index contributed by atoms with van der Waals surface area (Å²) in [6.07, 6.45) is 0. The first kappa shape index (κ1) is 22.8. The lowest BCUT2D eigenvalue weighted by Crippen LogP contribution is -2.02. The number of nitrogens with zero attached hydrogens (tertiary/aromatic N) is 4. The second-order valence-corrected chi connectivity index (χ2v) is 11.6. The number of aromatic nitrogens is 4. The molecule has 230 valence electrons. The van der Waals surface area contributed by atoms with Gasteiger partial charge in [-0.2, -0.15) is 0 Å². The molecule has 4 nitrogen and oxygen atoms in total. The Morgan fingerprint density at radius 1 is 0.367 bits per heavy atom. The van der Waals surface area contributed by atoms with Crippen molar-refractivity contribution in [2.24, 2.45) is 0 Å². The molecule has 9 aromatic rings. The van der Waals surface area contributed by atoms with E-state index in [-0.39, 0.29) is 58.1 Å². The first-order valence-electron chi connectivity index (χ1n) is 19.0. The van der Waals surface area contributed by atoms with E-state index >= 15 is 0 Å². The van der Waals surface area contributed by atoms with Crippen molar-refractivity contribution in [3.63, 3.8) is 0 Å². The summed E-state index contributed by atoms with van der Waals surface area (Å²) in [5, 5.41) is 0.388. The van der Waals surface area contributed by atoms with E-state index in [1.807, 2.05) is 109 Å². The highest BCUT2D eigenvalue weighted by Gasteiger charge is 2.17. The van der Waals surface area contributed by atoms with Crippen LogP contribution in [0.1, 0.15) is 8.22 Å². The van der Waals surface area contributed by atoms with Gasteiger partial charge in [-0.05, 0) is 52.5 Å². The van der Waals surface area contributed by atoms with Gasteiger partial charge in [-0.3, -0.25) is 0 Å². The van der Waals surface area contributed by atoms with E-state index in [9.17, 15) is 0 Å². The quantitative estimate of drug-likeness (QED) is 0.183. The van der Waals surface area contributed by atoms with E-state index in [2.05, 4.69) is 24.3 Å². The lowest BCUT2D eigenvalue weighted by atomic mass is 10.0. The van der Waals surface area contributed by atoms with Crippen LogP contribution in [0.4, 0.5) is 0 Å². The predicted molar refractivity (Wildman–Crippen MR) is 201 cm³/mol. The highest BCUT2D eigenvalue weighted by molar-refractivity contribution is 6.09. The molecule has 49 heavy (non-hydrogen) atoms. The van der Waals surface area contributed by atoms with Crippen molar-refractivity contribution in [1.29, 1.82) is 0 Å². The Morgan fingerprint density at radius 2 is 0.776 bits per heavy atom. The Hall–Kier alpha value is -6.65. The van der Waals surface area contributed by atoms with E-state index in [1.54, 1.807) is 4.57 Å². The molecule has 4 heteroatoms. The molecule has 0 saturated heterocycles. The molecule has 0 radical (unpaired) electrons. The molecular formula is C45H30N4. The highest BCUT2D eigenvalue weighted by atomic mass is 15.0. The summed E-state index contributed by atoms with van der Waals surface area (Å²) in [5.74, 6) is 1.37. The van der Waals surface area contributed by atoms with Gasteiger partial charge in [-0.1, -0.05) is 152 Å². The molecule has 9 rings (SSSR count). The Bertz CT molecular complexity index is 2840. The third kappa shape index (κ3) is 5.35. The maximum atomic E-state index is 9.04. The molecule has 0 spiro atoms. The molecule has 0 N–H and O–H groups in total. The van der Waals surface area contributed by atoms with Crippen molar-refractivity contribution >= 4 is 21.8 Å². The van der Waals surface area contributed by atoms with Gasteiger partial charge in [-0.15, -0.1) is 0 Å². The maximum Gasteiger partial charge on any atom is 0.164 e. The second-order valence-electron chi connectivity index (χ2n) is 11.6. The Kier molecular flexibility index (Phi) is 5.67. The summed E-state index contributed by atoms with van der Waals surface area (Å²) >= 11 is 0. The van der Waals surface area contributed by atoms with Gasteiger partial charge in [0.15, 0.2) is 17.5 Å². The van der Waals surface area contributed by atoms with Crippen molar-refractivity contribution in [3.05, 3.63) is 182 Å². The molecule has 0 atom stereocenters. The fourth-order valence-corrected chi connectivity index (χ4v) is 6.23. The molecule has 0 aliphatic carbocycles. The van der Waals surface area contributed by atoms with Gasteiger partial charge in [0.2, 0.25) is 0 Å². The van der Waals surface area contributed by atoms with Crippen molar-refractivity contribution in [2.45, 2.75) is 0 Å². The van der Waals surface area contributed by atoms with Crippen LogP contribution >= 0.6 is 0 Å². The van der Waals surface area contributed by atoms with E-state index < -0.39 is 0 Å². The molecule has 0 amide bonds. The molecule has 2 heterocycles. The molecule has 0 unspecified atom stereocenters. The van der Waals surface area contributed by atoms with Crippen LogP contribution in [0, 0.1) is 0 Å². The normalized spacial score (nSPS) is 13.0. The number of para-hydroxylation sites is 2. The SMILES string of the molecule is [2H]c1cc([2H])c2c(c1[2H])c1c([2H])c([2H])cc([2H])c1n2-c1cc(-c2ccccc2)cc(-c2nc(-c3ccccc3)nc(-c3ccc(-c4ccccc4)cc3)n2)c1. The number of hydrogen-bond donors (Lipinski definition) is 0. The van der Waals surface area contributed by atoms with Crippen molar-refractivity contribution in [2.75, 3.05) is 0 Å². The third-order valence-corrected chi connectivity index (χ3v) is 8.59. The smallest absolute Gasteiger partial charge is 0.164 e. The van der Waals surface area contributed by atoms with Crippen LogP contribution in [0.15, 0.2) is 182 Å². The van der Waals surface area contributed by atoms with E-state index in [0.717, 1.165) is 33.4 Å². The first-order chi connectivity index (χ1) is 26.7. The second kappa shape index (κ2) is 12.2. The Balaban J connectivity index is 1.32. The average molecular weight is 633 g/mol. The van der Waals surface area contributed by atoms with Crippen molar-refractivity contribution in [1.82, 2.24) is 19.5 Å². The highest BCUT2D eigenvalue weighted by Crippen LogP contribution is 2.36. The lowest BCUT2D eigenvalue weighted by Gasteiger charge is -2.14. The number of benzene rings is 7. The minimum absolute atomic E-state index is 0.0306. The van der Waals surface area contributed by atoms with E-state index in [4.69, 9.17) is 23.2 Å². The summed E-state index contributed by atoms with van der Waals surface area (Å²) in [7, 11) is 0. The minimum Gasteiger partial charge on any atom is -0.309 e. The van der Waals surface area contributed by atoms with Crippen LogP contribution in [-0.4, -0.2) is 19.5 Å². The number of hydrogen-bond acceptors (Lipinski definition) is 3. The van der Waals surface area contributed by atoms with Crippen LogP contribution in [0.5, 0.6) is 0 Å². The molecule has 0 saturated carbocycles. The molecule has 0 bridgehead atoms. The Labute approximate surface area is 293 Å². The maximum absolute atomic E-state index is 9.04. The predicted octanol–water partition coefficient (Wildman–Crippen LogP) is 11.3. The van der Waals surface area contributed by atoms with Gasteiger partial charge in [-0.25, -0.2) is 15.0 Å². The molecular weight excluding hydrogens is 597 g/mol. The number of rotatable bonds is 6. The minimum atomic E-state index is -0.167. The average Bonchev–Trinajstić information content (AvgIpc) is 3.61. The zero-order valence-electron chi connectivity index (χ0n) is 32.1. The molecule has 2 aromatic heterocycles. The largest absolute Gasteiger partial charge is 0.309 e. The van der Waals surface area contributed by atoms with Gasteiger partial charge in [0.05, 0.1) is 19.3 Å². The summed E-state index contributed by atoms with van der Waals surface area (Å²) in [4.78, 5) is 15.0. The first-order valence-corrected chi connectivity index (χ1v) is 16.0. The van der Waals surface area contributed by atoms with Gasteiger partial charge in [0.1, 0.15) is 0 Å². The lowest BCUT2D eigenvalue weighted by molar-refractivity contribution is 1.07. The van der Waals surface area contributed by atoms with Crippen molar-refractivity contribution < 1.29 is 8.22 Å². The van der Waals surface area contributed by atoms with Gasteiger partial charge in [0, 0.05) is 33.2 Å². The van der Waals surface area contributed by atoms with Gasteiger partial charge in [0.25, 0.3) is 0 Å². The Morgan fingerprint density at radius 3 is 1.33 bits per heavy atom. The van der Waals surface area contributed by atoms with E-state index in [0.29, 0.717) is 28.7 Å². The molecule has 0 aliphatic heterocycles. The van der Waals surface area contributed by atoms with Crippen LogP contribution in [0.2, 0.25) is 0 Å². The van der Waals surface area contributed by atoms with Crippen LogP contribution < -0.4 is 0 Å². The van der Waals surface area contributed by atoms with Crippen LogP contribution in [0.25, 0.3) is 83.9 Å². The summed E-state index contributed by atoms with van der Waals surface area (Å²) in [6.45, 7) is 0. The molecule has 7 aromatic carbocycles. The fraction of sp³-hybridized carbons (Fsp3) is 0. The topological polar surface area (TPSA) is 43.6 Å². The molecule has 0 aliphatic rings. The zero-order chi connectivity index (χ0) is 37.8. The van der Waals surface area contributed by atoms with E-state index in [1.165, 1.54) is 12.1 Å². The zero-order valence-corrected chi connectivity index (χ0v) is 26.1. The van der Waals surface area contributed by atoms with Gasteiger partial charge < -0.3 is 4.57 Å². The summed E-state index contributed by atoms with van der Waals surface area (Å²) in [5.41, 5.74) is 7.24. The van der Waals surface area contributed by atoms with Crippen LogP contribution in [0.3, 0.4) is 0 Å². The summed E-state index contributed by atoms with van der Waals surface area (Å²) < 4.78 is 54.5. The standard InChI is InChI=1S/C45H30N4/c1-4-14-31(15-5-1)33-24-26-35(27-25-33)44-46-43(34-18-8-3-9-19-34)47-45(48-44)37-28-36(32-16-6-2-7-17-32)29-38(30-37)49-41-22-12-10-20-39(41)40-21-11-13-23-42(40)49/h1-30H/i10D,11D,20D,21D,22D,23D. The summed E-state index contributed by atoms with van der Waals surface area (Å²) in [6, 6.07) is 45.5. The van der Waals surface area contributed by atoms with Crippen molar-refractivity contribution in [3.8, 4) is 62.1 Å². The third-order valence-electron chi connectivity index (χ3n) is 8.59. The number of fused-ring (bicyclic) bond motifs is 3.